The molecule has 2 rings (SSSR count). The Morgan fingerprint density at radius 3 is 2.65 bits per heavy atom. The summed E-state index contributed by atoms with van der Waals surface area (Å²) < 4.78 is 16.1. The second kappa shape index (κ2) is 11.7. The molecule has 0 saturated carbocycles. The van der Waals surface area contributed by atoms with Crippen molar-refractivity contribution in [2.45, 2.75) is 19.9 Å². The second-order valence-corrected chi connectivity index (χ2v) is 5.60. The first kappa shape index (κ1) is 22.1. The smallest absolute Gasteiger partial charge is 0.193 e. The number of halogens is 1. The number of furan rings is 1. The van der Waals surface area contributed by atoms with E-state index in [1.54, 1.807) is 20.5 Å². The molecule has 1 aromatic heterocycles. The summed E-state index contributed by atoms with van der Waals surface area (Å²) in [6.45, 7) is 4.22. The number of nitrogens with zero attached hydrogens (tertiary/aromatic N) is 2. The summed E-state index contributed by atoms with van der Waals surface area (Å²) in [5.41, 5.74) is 1.07. The molecule has 0 aliphatic heterocycles. The largest absolute Gasteiger partial charge is 0.497 e. The first-order valence-electron chi connectivity index (χ1n) is 8.40. The van der Waals surface area contributed by atoms with Crippen molar-refractivity contribution >= 4 is 29.9 Å². The van der Waals surface area contributed by atoms with Crippen LogP contribution >= 0.6 is 24.0 Å². The number of guanidine groups is 1. The fraction of sp³-hybridized carbons (Fsp3) is 0.421. The van der Waals surface area contributed by atoms with Crippen molar-refractivity contribution in [1.29, 1.82) is 0 Å². The molecule has 2 aromatic rings. The molecule has 0 atom stereocenters. The fourth-order valence-corrected chi connectivity index (χ4v) is 2.51. The Labute approximate surface area is 172 Å². The van der Waals surface area contributed by atoms with Crippen LogP contribution in [0.15, 0.2) is 46.0 Å². The number of aliphatic imine (C=N–C) groups is 1. The SMILES string of the molecule is CCNC(=NCCc1ccco1)N(C)Cc1ccc(OC)cc1OC.I. The highest BCUT2D eigenvalue weighted by atomic mass is 127. The van der Waals surface area contributed by atoms with Crippen LogP contribution in [-0.2, 0) is 13.0 Å². The molecule has 0 unspecified atom stereocenters. The minimum atomic E-state index is 0. The van der Waals surface area contributed by atoms with E-state index in [2.05, 4.69) is 22.1 Å². The monoisotopic (exact) mass is 473 g/mol. The average molecular weight is 473 g/mol. The lowest BCUT2D eigenvalue weighted by atomic mass is 10.2. The zero-order chi connectivity index (χ0) is 18.1. The molecular weight excluding hydrogens is 445 g/mol. The van der Waals surface area contributed by atoms with Gasteiger partial charge in [-0.1, -0.05) is 0 Å². The van der Waals surface area contributed by atoms with Crippen molar-refractivity contribution in [3.63, 3.8) is 0 Å². The number of rotatable bonds is 8. The molecule has 6 nitrogen and oxygen atoms in total. The van der Waals surface area contributed by atoms with E-state index in [1.807, 2.05) is 37.4 Å². The highest BCUT2D eigenvalue weighted by molar-refractivity contribution is 14.0. The number of nitrogens with one attached hydrogen (secondary N) is 1. The second-order valence-electron chi connectivity index (χ2n) is 5.60. The van der Waals surface area contributed by atoms with E-state index >= 15 is 0 Å². The van der Waals surface area contributed by atoms with Crippen LogP contribution in [0.4, 0.5) is 0 Å². The van der Waals surface area contributed by atoms with Crippen molar-refractivity contribution < 1.29 is 13.9 Å². The molecule has 1 aromatic carbocycles. The van der Waals surface area contributed by atoms with Crippen LogP contribution in [0.25, 0.3) is 0 Å². The standard InChI is InChI=1S/C19H27N3O3.HI/c1-5-20-19(21-11-10-16-7-6-12-25-16)22(2)14-15-8-9-17(23-3)13-18(15)24-4;/h6-9,12-13H,5,10-11,14H2,1-4H3,(H,20,21);1H. The van der Waals surface area contributed by atoms with Crippen molar-refractivity contribution in [3.8, 4) is 11.5 Å². The lowest BCUT2D eigenvalue weighted by Gasteiger charge is -2.23. The van der Waals surface area contributed by atoms with Gasteiger partial charge in [0.1, 0.15) is 17.3 Å². The summed E-state index contributed by atoms with van der Waals surface area (Å²) in [6.07, 6.45) is 2.47. The van der Waals surface area contributed by atoms with Crippen molar-refractivity contribution in [3.05, 3.63) is 47.9 Å². The van der Waals surface area contributed by atoms with Gasteiger partial charge in [0.2, 0.25) is 0 Å². The Bertz CT molecular complexity index is 675. The Kier molecular flexibility index (Phi) is 9.93. The zero-order valence-corrected chi connectivity index (χ0v) is 18.2. The lowest BCUT2D eigenvalue weighted by molar-refractivity contribution is 0.382. The minimum Gasteiger partial charge on any atom is -0.497 e. The maximum Gasteiger partial charge on any atom is 0.193 e. The van der Waals surface area contributed by atoms with E-state index in [0.29, 0.717) is 13.1 Å². The molecule has 26 heavy (non-hydrogen) atoms. The zero-order valence-electron chi connectivity index (χ0n) is 15.8. The molecule has 0 amide bonds. The Morgan fingerprint density at radius 1 is 1.23 bits per heavy atom. The highest BCUT2D eigenvalue weighted by Gasteiger charge is 2.11. The van der Waals surface area contributed by atoms with E-state index in [1.165, 1.54) is 0 Å². The van der Waals surface area contributed by atoms with Crippen LogP contribution in [0.5, 0.6) is 11.5 Å². The third-order valence-corrected chi connectivity index (χ3v) is 3.80. The average Bonchev–Trinajstić information content (AvgIpc) is 3.14. The van der Waals surface area contributed by atoms with Crippen LogP contribution in [0.3, 0.4) is 0 Å². The van der Waals surface area contributed by atoms with Gasteiger partial charge >= 0.3 is 0 Å². The van der Waals surface area contributed by atoms with Gasteiger partial charge in [0, 0.05) is 44.7 Å². The van der Waals surface area contributed by atoms with Crippen LogP contribution < -0.4 is 14.8 Å². The Morgan fingerprint density at radius 2 is 2.04 bits per heavy atom. The first-order valence-corrected chi connectivity index (χ1v) is 8.40. The summed E-state index contributed by atoms with van der Waals surface area (Å²) in [6, 6.07) is 9.71. The van der Waals surface area contributed by atoms with Crippen LogP contribution in [0.2, 0.25) is 0 Å². The van der Waals surface area contributed by atoms with Crippen LogP contribution in [0, 0.1) is 0 Å². The molecule has 0 aliphatic rings. The third-order valence-electron chi connectivity index (χ3n) is 3.80. The van der Waals surface area contributed by atoms with Gasteiger partial charge in [0.25, 0.3) is 0 Å². The maximum atomic E-state index is 5.48. The maximum absolute atomic E-state index is 5.48. The van der Waals surface area contributed by atoms with Gasteiger partial charge in [-0.05, 0) is 31.2 Å². The van der Waals surface area contributed by atoms with Crippen LogP contribution in [0.1, 0.15) is 18.2 Å². The molecule has 144 valence electrons. The van der Waals surface area contributed by atoms with Crippen LogP contribution in [-0.4, -0.2) is 45.2 Å². The molecule has 0 aliphatic carbocycles. The number of benzene rings is 1. The van der Waals surface area contributed by atoms with Crippen molar-refractivity contribution in [1.82, 2.24) is 10.2 Å². The number of methoxy groups -OCH3 is 2. The van der Waals surface area contributed by atoms with E-state index < -0.39 is 0 Å². The molecule has 0 fully saturated rings. The Balaban J connectivity index is 0.00000338. The predicted octanol–water partition coefficient (Wildman–Crippen LogP) is 3.55. The van der Waals surface area contributed by atoms with E-state index in [9.17, 15) is 0 Å². The number of hydrogen-bond acceptors (Lipinski definition) is 4. The van der Waals surface area contributed by atoms with E-state index in [-0.39, 0.29) is 24.0 Å². The molecule has 0 spiro atoms. The molecule has 0 radical (unpaired) electrons. The highest BCUT2D eigenvalue weighted by Crippen LogP contribution is 2.25. The van der Waals surface area contributed by atoms with Crippen molar-refractivity contribution in [2.75, 3.05) is 34.4 Å². The third kappa shape index (κ3) is 6.44. The van der Waals surface area contributed by atoms with Gasteiger partial charge in [-0.3, -0.25) is 4.99 Å². The Hall–Kier alpha value is -1.90. The molecule has 0 saturated heterocycles. The fourth-order valence-electron chi connectivity index (χ4n) is 2.51. The molecule has 1 heterocycles. The number of ether oxygens (including phenoxy) is 2. The quantitative estimate of drug-likeness (QED) is 0.361. The van der Waals surface area contributed by atoms with Gasteiger partial charge in [-0.15, -0.1) is 24.0 Å². The van der Waals surface area contributed by atoms with E-state index in [0.717, 1.165) is 41.7 Å². The molecule has 0 bridgehead atoms. The molecular formula is C19H28IN3O3. The molecule has 1 N–H and O–H groups in total. The van der Waals surface area contributed by atoms with Gasteiger partial charge in [-0.2, -0.15) is 0 Å². The van der Waals surface area contributed by atoms with Gasteiger partial charge < -0.3 is 24.1 Å². The summed E-state index contributed by atoms with van der Waals surface area (Å²) >= 11 is 0. The first-order chi connectivity index (χ1) is 12.2. The summed E-state index contributed by atoms with van der Waals surface area (Å²) in [7, 11) is 5.33. The summed E-state index contributed by atoms with van der Waals surface area (Å²) in [5.74, 6) is 3.38. The van der Waals surface area contributed by atoms with Gasteiger partial charge in [0.05, 0.1) is 20.5 Å². The summed E-state index contributed by atoms with van der Waals surface area (Å²) in [4.78, 5) is 6.76. The minimum absolute atomic E-state index is 0. The normalized spacial score (nSPS) is 10.8. The number of hydrogen-bond donors (Lipinski definition) is 1. The van der Waals surface area contributed by atoms with Crippen molar-refractivity contribution in [2.24, 2.45) is 4.99 Å². The van der Waals surface area contributed by atoms with Gasteiger partial charge in [-0.25, -0.2) is 0 Å². The van der Waals surface area contributed by atoms with E-state index in [4.69, 9.17) is 13.9 Å². The lowest BCUT2D eigenvalue weighted by Crippen LogP contribution is -2.38. The summed E-state index contributed by atoms with van der Waals surface area (Å²) in [5, 5.41) is 3.32. The molecule has 7 heteroatoms. The van der Waals surface area contributed by atoms with Gasteiger partial charge in [0.15, 0.2) is 5.96 Å². The predicted molar refractivity (Wildman–Crippen MR) is 115 cm³/mol. The topological polar surface area (TPSA) is 59.2 Å².